The Hall–Kier alpha value is -1.60. The molecule has 3 heteroatoms. The molecule has 94 valence electrons. The summed E-state index contributed by atoms with van der Waals surface area (Å²) in [6, 6.07) is 14.4. The van der Waals surface area contributed by atoms with Crippen LogP contribution in [0.4, 0.5) is 11.4 Å². The van der Waals surface area contributed by atoms with E-state index < -0.39 is 0 Å². The summed E-state index contributed by atoms with van der Waals surface area (Å²) in [4.78, 5) is 4.72. The minimum Gasteiger partial charge on any atom is -0.335 e. The molecule has 0 aliphatic carbocycles. The second-order valence-electron chi connectivity index (χ2n) is 4.20. The molecule has 0 saturated carbocycles. The SMILES string of the molecule is C=C=CCN1c2ccccc2Sc2ccc(Cl)cc21. The van der Waals surface area contributed by atoms with Crippen LogP contribution >= 0.6 is 23.4 Å². The zero-order chi connectivity index (χ0) is 13.2. The highest BCUT2D eigenvalue weighted by molar-refractivity contribution is 7.99. The number of rotatable bonds is 2. The summed E-state index contributed by atoms with van der Waals surface area (Å²) in [6.45, 7) is 4.38. The van der Waals surface area contributed by atoms with Gasteiger partial charge in [0.1, 0.15) is 0 Å². The normalized spacial score (nSPS) is 12.4. The first-order valence-electron chi connectivity index (χ1n) is 5.98. The van der Waals surface area contributed by atoms with E-state index in [0.29, 0.717) is 0 Å². The van der Waals surface area contributed by atoms with Crippen molar-refractivity contribution < 1.29 is 0 Å². The lowest BCUT2D eigenvalue weighted by Crippen LogP contribution is -2.20. The van der Waals surface area contributed by atoms with Crippen molar-refractivity contribution in [1.29, 1.82) is 0 Å². The summed E-state index contributed by atoms with van der Waals surface area (Å²) in [5.74, 6) is 0. The molecule has 2 aromatic carbocycles. The maximum atomic E-state index is 6.13. The molecule has 2 aromatic rings. The number of para-hydroxylation sites is 1. The molecule has 1 aliphatic heterocycles. The molecule has 1 nitrogen and oxygen atoms in total. The van der Waals surface area contributed by atoms with Crippen molar-refractivity contribution in [2.45, 2.75) is 9.79 Å². The van der Waals surface area contributed by atoms with Gasteiger partial charge in [0.15, 0.2) is 0 Å². The number of nitrogens with zero attached hydrogens (tertiary/aromatic N) is 1. The molecule has 0 amide bonds. The first-order valence-corrected chi connectivity index (χ1v) is 7.17. The van der Waals surface area contributed by atoms with Crippen molar-refractivity contribution >= 4 is 34.7 Å². The third-order valence-electron chi connectivity index (χ3n) is 3.01. The Kier molecular flexibility index (Phi) is 3.39. The maximum Gasteiger partial charge on any atom is 0.0570 e. The van der Waals surface area contributed by atoms with Gasteiger partial charge in [-0.1, -0.05) is 42.1 Å². The predicted molar refractivity (Wildman–Crippen MR) is 82.7 cm³/mol. The lowest BCUT2D eigenvalue weighted by atomic mass is 10.2. The van der Waals surface area contributed by atoms with Gasteiger partial charge in [-0.25, -0.2) is 0 Å². The quantitative estimate of drug-likeness (QED) is 0.690. The minimum absolute atomic E-state index is 0.744. The van der Waals surface area contributed by atoms with Crippen LogP contribution in [0.2, 0.25) is 5.02 Å². The number of benzene rings is 2. The summed E-state index contributed by atoms with van der Waals surface area (Å²) in [7, 11) is 0. The predicted octanol–water partition coefficient (Wildman–Crippen LogP) is 5.28. The molecular formula is C16H12ClNS. The van der Waals surface area contributed by atoms with Crippen molar-refractivity contribution in [3.63, 3.8) is 0 Å². The van der Waals surface area contributed by atoms with Gasteiger partial charge in [0.05, 0.1) is 11.4 Å². The fourth-order valence-corrected chi connectivity index (χ4v) is 3.40. The monoisotopic (exact) mass is 285 g/mol. The molecule has 1 heterocycles. The Balaban J connectivity index is 2.15. The first kappa shape index (κ1) is 12.4. The Morgan fingerprint density at radius 1 is 1.16 bits per heavy atom. The summed E-state index contributed by atoms with van der Waals surface area (Å²) in [5, 5.41) is 0.756. The van der Waals surface area contributed by atoms with E-state index in [1.807, 2.05) is 18.2 Å². The molecule has 0 unspecified atom stereocenters. The Labute approximate surface area is 122 Å². The van der Waals surface area contributed by atoms with Crippen LogP contribution in [0, 0.1) is 0 Å². The second kappa shape index (κ2) is 5.18. The molecule has 0 spiro atoms. The standard InChI is InChI=1S/C16H12ClNS/c1-2-3-10-18-13-6-4-5-7-15(13)19-16-9-8-12(17)11-14(16)18/h3-9,11H,1,10H2. The highest BCUT2D eigenvalue weighted by Gasteiger charge is 2.22. The van der Waals surface area contributed by atoms with Crippen LogP contribution in [-0.4, -0.2) is 6.54 Å². The summed E-state index contributed by atoms with van der Waals surface area (Å²) < 4.78 is 0. The van der Waals surface area contributed by atoms with Crippen LogP contribution < -0.4 is 4.90 Å². The van der Waals surface area contributed by atoms with E-state index in [9.17, 15) is 0 Å². The first-order chi connectivity index (χ1) is 9.29. The van der Waals surface area contributed by atoms with E-state index in [2.05, 4.69) is 47.5 Å². The smallest absolute Gasteiger partial charge is 0.0570 e. The topological polar surface area (TPSA) is 3.24 Å². The van der Waals surface area contributed by atoms with E-state index in [4.69, 9.17) is 11.6 Å². The highest BCUT2D eigenvalue weighted by Crippen LogP contribution is 2.48. The second-order valence-corrected chi connectivity index (χ2v) is 5.72. The molecule has 0 saturated heterocycles. The molecule has 19 heavy (non-hydrogen) atoms. The molecule has 0 N–H and O–H groups in total. The average molecular weight is 286 g/mol. The zero-order valence-corrected chi connectivity index (χ0v) is 11.8. The van der Waals surface area contributed by atoms with Crippen molar-refractivity contribution in [3.05, 3.63) is 65.9 Å². The van der Waals surface area contributed by atoms with Gasteiger partial charge in [-0.3, -0.25) is 0 Å². The zero-order valence-electron chi connectivity index (χ0n) is 10.3. The van der Waals surface area contributed by atoms with E-state index in [-0.39, 0.29) is 0 Å². The van der Waals surface area contributed by atoms with Crippen molar-refractivity contribution in [3.8, 4) is 0 Å². The van der Waals surface area contributed by atoms with Crippen LogP contribution in [0.15, 0.2) is 70.6 Å². The van der Waals surface area contributed by atoms with Gasteiger partial charge in [0.25, 0.3) is 0 Å². The molecular weight excluding hydrogens is 274 g/mol. The maximum absolute atomic E-state index is 6.13. The van der Waals surface area contributed by atoms with E-state index in [0.717, 1.165) is 17.3 Å². The summed E-state index contributed by atoms with van der Waals surface area (Å²) in [6.07, 6.45) is 1.93. The molecule has 3 rings (SSSR count). The molecule has 0 fully saturated rings. The molecule has 0 bridgehead atoms. The average Bonchev–Trinajstić information content (AvgIpc) is 2.44. The van der Waals surface area contributed by atoms with Crippen molar-refractivity contribution in [1.82, 2.24) is 0 Å². The number of hydrogen-bond acceptors (Lipinski definition) is 2. The largest absolute Gasteiger partial charge is 0.335 e. The lowest BCUT2D eigenvalue weighted by molar-refractivity contribution is 1.03. The summed E-state index contributed by atoms with van der Waals surface area (Å²) >= 11 is 7.91. The van der Waals surface area contributed by atoms with Gasteiger partial charge in [-0.05, 0) is 36.4 Å². The number of hydrogen-bond donors (Lipinski definition) is 0. The van der Waals surface area contributed by atoms with Crippen LogP contribution in [0.25, 0.3) is 0 Å². The number of fused-ring (bicyclic) bond motifs is 2. The fraction of sp³-hybridized carbons (Fsp3) is 0.0625. The van der Waals surface area contributed by atoms with Crippen LogP contribution in [0.1, 0.15) is 0 Å². The molecule has 0 atom stereocenters. The highest BCUT2D eigenvalue weighted by atomic mass is 35.5. The Bertz CT molecular complexity index is 674. The van der Waals surface area contributed by atoms with E-state index in [1.54, 1.807) is 11.8 Å². The van der Waals surface area contributed by atoms with Crippen molar-refractivity contribution in [2.75, 3.05) is 11.4 Å². The molecule has 0 aromatic heterocycles. The van der Waals surface area contributed by atoms with Gasteiger partial charge in [0, 0.05) is 21.4 Å². The summed E-state index contributed by atoms with van der Waals surface area (Å²) in [5.41, 5.74) is 5.18. The van der Waals surface area contributed by atoms with Crippen molar-refractivity contribution in [2.24, 2.45) is 0 Å². The van der Waals surface area contributed by atoms with E-state index >= 15 is 0 Å². The van der Waals surface area contributed by atoms with E-state index in [1.165, 1.54) is 15.5 Å². The van der Waals surface area contributed by atoms with Gasteiger partial charge in [-0.15, -0.1) is 5.73 Å². The minimum atomic E-state index is 0.744. The Morgan fingerprint density at radius 2 is 1.95 bits per heavy atom. The van der Waals surface area contributed by atoms with Crippen LogP contribution in [-0.2, 0) is 0 Å². The third-order valence-corrected chi connectivity index (χ3v) is 4.37. The molecule has 0 radical (unpaired) electrons. The molecule has 1 aliphatic rings. The van der Waals surface area contributed by atoms with Gasteiger partial charge >= 0.3 is 0 Å². The Morgan fingerprint density at radius 3 is 2.79 bits per heavy atom. The number of anilines is 2. The third kappa shape index (κ3) is 2.31. The van der Waals surface area contributed by atoms with Crippen LogP contribution in [0.5, 0.6) is 0 Å². The lowest BCUT2D eigenvalue weighted by Gasteiger charge is -2.31. The number of halogens is 1. The fourth-order valence-electron chi connectivity index (χ4n) is 2.15. The van der Waals surface area contributed by atoms with Gasteiger partial charge in [-0.2, -0.15) is 0 Å². The van der Waals surface area contributed by atoms with Gasteiger partial charge in [0.2, 0.25) is 0 Å². The van der Waals surface area contributed by atoms with Crippen LogP contribution in [0.3, 0.4) is 0 Å². The van der Waals surface area contributed by atoms with Gasteiger partial charge < -0.3 is 4.90 Å².